The van der Waals surface area contributed by atoms with Crippen molar-refractivity contribution in [3.05, 3.63) is 34.1 Å². The van der Waals surface area contributed by atoms with Gasteiger partial charge in [-0.1, -0.05) is 6.07 Å². The monoisotopic (exact) mass is 315 g/mol. The zero-order valence-corrected chi connectivity index (χ0v) is 12.1. The predicted molar refractivity (Wildman–Crippen MR) is 73.9 cm³/mol. The quantitative estimate of drug-likeness (QED) is 0.894. The van der Waals surface area contributed by atoms with Gasteiger partial charge in [0.1, 0.15) is 5.82 Å². The second-order valence-electron chi connectivity index (χ2n) is 5.08. The fourth-order valence-corrected chi connectivity index (χ4v) is 2.94. The van der Waals surface area contributed by atoms with E-state index in [1.165, 1.54) is 6.07 Å². The molecular weight excluding hydrogens is 297 g/mol. The van der Waals surface area contributed by atoms with Crippen molar-refractivity contribution in [3.8, 4) is 0 Å². The van der Waals surface area contributed by atoms with Gasteiger partial charge in [-0.05, 0) is 66.2 Å². The topological polar surface area (TPSA) is 32.3 Å². The van der Waals surface area contributed by atoms with Gasteiger partial charge in [0.05, 0.1) is 10.6 Å². The van der Waals surface area contributed by atoms with Crippen molar-refractivity contribution in [3.63, 3.8) is 0 Å². The summed E-state index contributed by atoms with van der Waals surface area (Å²) >= 11 is 3.21. The Morgan fingerprint density at radius 3 is 2.89 bits per heavy atom. The van der Waals surface area contributed by atoms with E-state index in [2.05, 4.69) is 28.2 Å². The molecule has 1 aliphatic rings. The van der Waals surface area contributed by atoms with Crippen LogP contribution in [0.1, 0.15) is 44.2 Å². The third kappa shape index (κ3) is 3.53. The molecule has 2 rings (SSSR count). The molecule has 2 nitrogen and oxygen atoms in total. The molecule has 1 aromatic rings. The summed E-state index contributed by atoms with van der Waals surface area (Å²) in [5.74, 6) is -0.237. The maximum Gasteiger partial charge on any atom is 0.137 e. The van der Waals surface area contributed by atoms with Crippen LogP contribution in [0.15, 0.2) is 22.7 Å². The third-order valence-corrected chi connectivity index (χ3v) is 4.18. The minimum absolute atomic E-state index is 0.164. The zero-order chi connectivity index (χ0) is 13.1. The molecule has 0 saturated heterocycles. The Bertz CT molecular complexity index is 413. The standard InChI is InChI=1S/C14H19BrFNO/c1-9(10-5-6-14(16)13(15)7-10)17-11-3-2-4-12(18)8-11/h5-7,9,11-12,17-18H,2-4,8H2,1H3. The average molecular weight is 316 g/mol. The molecule has 0 aromatic heterocycles. The zero-order valence-electron chi connectivity index (χ0n) is 10.5. The van der Waals surface area contributed by atoms with Gasteiger partial charge in [0.25, 0.3) is 0 Å². The van der Waals surface area contributed by atoms with Crippen LogP contribution in [0.4, 0.5) is 4.39 Å². The van der Waals surface area contributed by atoms with Gasteiger partial charge in [0.15, 0.2) is 0 Å². The van der Waals surface area contributed by atoms with E-state index < -0.39 is 0 Å². The van der Waals surface area contributed by atoms with E-state index in [1.807, 2.05) is 6.07 Å². The van der Waals surface area contributed by atoms with Crippen molar-refractivity contribution in [2.75, 3.05) is 0 Å². The SMILES string of the molecule is CC(NC1CCCC(O)C1)c1ccc(F)c(Br)c1. The van der Waals surface area contributed by atoms with Gasteiger partial charge >= 0.3 is 0 Å². The summed E-state index contributed by atoms with van der Waals surface area (Å²) in [4.78, 5) is 0. The maximum atomic E-state index is 13.2. The molecule has 2 N–H and O–H groups in total. The minimum atomic E-state index is -0.237. The Labute approximate surface area is 116 Å². The summed E-state index contributed by atoms with van der Waals surface area (Å²) in [5.41, 5.74) is 1.06. The predicted octanol–water partition coefficient (Wildman–Crippen LogP) is 3.54. The van der Waals surface area contributed by atoms with Crippen LogP contribution >= 0.6 is 15.9 Å². The number of benzene rings is 1. The lowest BCUT2D eigenvalue weighted by molar-refractivity contribution is 0.109. The molecule has 0 heterocycles. The molecule has 0 amide bonds. The molecule has 1 fully saturated rings. The number of hydrogen-bond acceptors (Lipinski definition) is 2. The molecule has 100 valence electrons. The van der Waals surface area contributed by atoms with Gasteiger partial charge in [-0.25, -0.2) is 4.39 Å². The van der Waals surface area contributed by atoms with Gasteiger partial charge in [-0.15, -0.1) is 0 Å². The van der Waals surface area contributed by atoms with Crippen molar-refractivity contribution in [2.45, 2.75) is 50.8 Å². The molecule has 0 bridgehead atoms. The molecular formula is C14H19BrFNO. The minimum Gasteiger partial charge on any atom is -0.393 e. The van der Waals surface area contributed by atoms with E-state index in [0.29, 0.717) is 10.5 Å². The third-order valence-electron chi connectivity index (χ3n) is 3.58. The Hall–Kier alpha value is -0.450. The first-order valence-electron chi connectivity index (χ1n) is 6.45. The number of halogens is 2. The molecule has 0 spiro atoms. The highest BCUT2D eigenvalue weighted by Crippen LogP contribution is 2.24. The van der Waals surface area contributed by atoms with Gasteiger partial charge in [0.2, 0.25) is 0 Å². The Morgan fingerprint density at radius 1 is 1.44 bits per heavy atom. The van der Waals surface area contributed by atoms with Crippen LogP contribution in [-0.4, -0.2) is 17.3 Å². The highest BCUT2D eigenvalue weighted by molar-refractivity contribution is 9.10. The largest absolute Gasteiger partial charge is 0.393 e. The van der Waals surface area contributed by atoms with Crippen molar-refractivity contribution in [1.82, 2.24) is 5.32 Å². The van der Waals surface area contributed by atoms with Crippen molar-refractivity contribution < 1.29 is 9.50 Å². The van der Waals surface area contributed by atoms with Crippen molar-refractivity contribution in [1.29, 1.82) is 0 Å². The number of rotatable bonds is 3. The van der Waals surface area contributed by atoms with Crippen molar-refractivity contribution in [2.24, 2.45) is 0 Å². The van der Waals surface area contributed by atoms with Crippen LogP contribution in [-0.2, 0) is 0 Å². The molecule has 4 heteroatoms. The summed E-state index contributed by atoms with van der Waals surface area (Å²) in [5, 5.41) is 13.2. The van der Waals surface area contributed by atoms with Gasteiger partial charge in [-0.3, -0.25) is 0 Å². The number of aliphatic hydroxyl groups excluding tert-OH is 1. The van der Waals surface area contributed by atoms with E-state index in [1.54, 1.807) is 6.07 Å². The molecule has 0 aliphatic heterocycles. The van der Waals surface area contributed by atoms with Gasteiger partial charge in [0, 0.05) is 12.1 Å². The fourth-order valence-electron chi connectivity index (χ4n) is 2.55. The molecule has 3 atom stereocenters. The Morgan fingerprint density at radius 2 is 2.22 bits per heavy atom. The number of nitrogens with one attached hydrogen (secondary N) is 1. The van der Waals surface area contributed by atoms with Crippen LogP contribution in [0.3, 0.4) is 0 Å². The molecule has 1 saturated carbocycles. The molecule has 1 aliphatic carbocycles. The van der Waals surface area contributed by atoms with E-state index in [0.717, 1.165) is 31.2 Å². The summed E-state index contributed by atoms with van der Waals surface area (Å²) in [6.45, 7) is 2.07. The second kappa shape index (κ2) is 6.13. The van der Waals surface area contributed by atoms with Crippen LogP contribution in [0.5, 0.6) is 0 Å². The van der Waals surface area contributed by atoms with Crippen LogP contribution in [0, 0.1) is 5.82 Å². The average Bonchev–Trinajstić information content (AvgIpc) is 2.32. The fraction of sp³-hybridized carbons (Fsp3) is 0.571. The second-order valence-corrected chi connectivity index (χ2v) is 5.93. The van der Waals surface area contributed by atoms with Crippen LogP contribution in [0.25, 0.3) is 0 Å². The van der Waals surface area contributed by atoms with Crippen LogP contribution in [0.2, 0.25) is 0 Å². The normalized spacial score (nSPS) is 26.0. The first-order valence-corrected chi connectivity index (χ1v) is 7.24. The van der Waals surface area contributed by atoms with Crippen molar-refractivity contribution >= 4 is 15.9 Å². The highest BCUT2D eigenvalue weighted by atomic mass is 79.9. The van der Waals surface area contributed by atoms with E-state index in [9.17, 15) is 9.50 Å². The molecule has 18 heavy (non-hydrogen) atoms. The Kier molecular flexibility index (Phi) is 4.76. The van der Waals surface area contributed by atoms with E-state index in [-0.39, 0.29) is 18.0 Å². The molecule has 3 unspecified atom stereocenters. The summed E-state index contributed by atoms with van der Waals surface area (Å²) < 4.78 is 13.7. The van der Waals surface area contributed by atoms with E-state index in [4.69, 9.17) is 0 Å². The number of hydrogen-bond donors (Lipinski definition) is 2. The lowest BCUT2D eigenvalue weighted by Crippen LogP contribution is -2.37. The Balaban J connectivity index is 1.98. The van der Waals surface area contributed by atoms with Gasteiger partial charge < -0.3 is 10.4 Å². The first kappa shape index (κ1) is 14.0. The lowest BCUT2D eigenvalue weighted by atomic mass is 9.92. The smallest absolute Gasteiger partial charge is 0.137 e. The maximum absolute atomic E-state index is 13.2. The van der Waals surface area contributed by atoms with Gasteiger partial charge in [-0.2, -0.15) is 0 Å². The lowest BCUT2D eigenvalue weighted by Gasteiger charge is -2.29. The first-order chi connectivity index (χ1) is 8.56. The molecule has 0 radical (unpaired) electrons. The highest BCUT2D eigenvalue weighted by Gasteiger charge is 2.21. The summed E-state index contributed by atoms with van der Waals surface area (Å²) in [6, 6.07) is 5.61. The summed E-state index contributed by atoms with van der Waals surface area (Å²) in [7, 11) is 0. The summed E-state index contributed by atoms with van der Waals surface area (Å²) in [6.07, 6.45) is 3.72. The number of aliphatic hydroxyl groups is 1. The molecule has 1 aromatic carbocycles. The van der Waals surface area contributed by atoms with E-state index >= 15 is 0 Å². The van der Waals surface area contributed by atoms with Crippen LogP contribution < -0.4 is 5.32 Å².